The average molecular weight is 382 g/mol. The number of hydrogen-bond acceptors (Lipinski definition) is 5. The van der Waals surface area contributed by atoms with Crippen LogP contribution in [0.5, 0.6) is 0 Å². The van der Waals surface area contributed by atoms with Gasteiger partial charge in [-0.05, 0) is 38.1 Å². The first-order chi connectivity index (χ1) is 12.4. The van der Waals surface area contributed by atoms with E-state index in [4.69, 9.17) is 4.99 Å². The highest BCUT2D eigenvalue weighted by atomic mass is 32.9. The molecule has 0 radical (unpaired) electrons. The van der Waals surface area contributed by atoms with Gasteiger partial charge in [0.15, 0.2) is 0 Å². The Balaban J connectivity index is 1.87. The smallest absolute Gasteiger partial charge is 0.221 e. The fourth-order valence-corrected chi connectivity index (χ4v) is 6.11. The van der Waals surface area contributed by atoms with Gasteiger partial charge < -0.3 is 10.6 Å². The number of benzene rings is 2. The number of amides is 1. The Morgan fingerprint density at radius 1 is 1.12 bits per heavy atom. The number of anilines is 2. The molecule has 1 amide bonds. The third-order valence-electron chi connectivity index (χ3n) is 4.25. The Labute approximate surface area is 159 Å². The summed E-state index contributed by atoms with van der Waals surface area (Å²) in [6.07, 6.45) is 0. The van der Waals surface area contributed by atoms with Crippen molar-refractivity contribution in [2.45, 2.75) is 26.3 Å². The van der Waals surface area contributed by atoms with Crippen LogP contribution < -0.4 is 15.3 Å². The van der Waals surface area contributed by atoms with E-state index in [-0.39, 0.29) is 11.4 Å². The molecule has 0 saturated heterocycles. The molecule has 0 unspecified atom stereocenters. The molecule has 2 heterocycles. The zero-order valence-electron chi connectivity index (χ0n) is 14.8. The highest BCUT2D eigenvalue weighted by molar-refractivity contribution is 7.68. The van der Waals surface area contributed by atoms with Crippen molar-refractivity contribution in [3.8, 4) is 11.1 Å². The van der Waals surface area contributed by atoms with Crippen molar-refractivity contribution in [3.63, 3.8) is 0 Å². The van der Waals surface area contributed by atoms with Crippen LogP contribution in [0.2, 0.25) is 0 Å². The van der Waals surface area contributed by atoms with Crippen molar-refractivity contribution in [1.82, 2.24) is 0 Å². The zero-order valence-corrected chi connectivity index (χ0v) is 16.4. The summed E-state index contributed by atoms with van der Waals surface area (Å²) in [5.74, 6) is -0.0837. The largest absolute Gasteiger partial charge is 0.375 e. The molecule has 1 aliphatic heterocycles. The quantitative estimate of drug-likeness (QED) is 0.590. The number of fused-ring (bicyclic) bond motifs is 3. The molecule has 1 aromatic heterocycles. The average Bonchev–Trinajstić information content (AvgIpc) is 2.99. The minimum absolute atomic E-state index is 0.0837. The van der Waals surface area contributed by atoms with E-state index in [0.29, 0.717) is 0 Å². The molecule has 0 bridgehead atoms. The first-order valence-electron chi connectivity index (χ1n) is 8.37. The van der Waals surface area contributed by atoms with Gasteiger partial charge in [-0.2, -0.15) is 0 Å². The van der Waals surface area contributed by atoms with E-state index in [1.54, 1.807) is 20.7 Å². The van der Waals surface area contributed by atoms with Crippen LogP contribution in [0, 0.1) is 0 Å². The Morgan fingerprint density at radius 3 is 2.73 bits per heavy atom. The van der Waals surface area contributed by atoms with Crippen molar-refractivity contribution in [2.75, 3.05) is 10.6 Å². The SMILES string of the molecule is CC(=O)Nc1cccc(N=c2ssc3c2-c2ccccc2NC3(C)C)c1. The van der Waals surface area contributed by atoms with E-state index in [1.807, 2.05) is 24.3 Å². The minimum atomic E-state index is -0.128. The molecule has 0 atom stereocenters. The van der Waals surface area contributed by atoms with Crippen molar-refractivity contribution in [1.29, 1.82) is 0 Å². The van der Waals surface area contributed by atoms with Gasteiger partial charge in [0.05, 0.1) is 16.1 Å². The van der Waals surface area contributed by atoms with Gasteiger partial charge in [0.25, 0.3) is 0 Å². The van der Waals surface area contributed by atoms with E-state index < -0.39 is 0 Å². The summed E-state index contributed by atoms with van der Waals surface area (Å²) in [4.78, 5) is 17.5. The maximum Gasteiger partial charge on any atom is 0.221 e. The maximum absolute atomic E-state index is 11.3. The molecule has 2 aromatic carbocycles. The maximum atomic E-state index is 11.3. The predicted molar refractivity (Wildman–Crippen MR) is 110 cm³/mol. The summed E-state index contributed by atoms with van der Waals surface area (Å²) in [5, 5.41) is 6.44. The fourth-order valence-electron chi connectivity index (χ4n) is 3.17. The second-order valence-electron chi connectivity index (χ2n) is 6.81. The van der Waals surface area contributed by atoms with Gasteiger partial charge in [0, 0.05) is 29.4 Å². The number of rotatable bonds is 2. The summed E-state index contributed by atoms with van der Waals surface area (Å²) < 4.78 is 1.01. The van der Waals surface area contributed by atoms with Crippen LogP contribution in [-0.4, -0.2) is 5.91 Å². The van der Waals surface area contributed by atoms with Gasteiger partial charge in [-0.1, -0.05) is 44.9 Å². The molecule has 0 fully saturated rings. The monoisotopic (exact) mass is 381 g/mol. The number of carbonyl (C=O) groups is 1. The lowest BCUT2D eigenvalue weighted by Gasteiger charge is -2.33. The zero-order chi connectivity index (χ0) is 18.3. The van der Waals surface area contributed by atoms with Gasteiger partial charge in [-0.15, -0.1) is 0 Å². The first-order valence-corrected chi connectivity index (χ1v) is 10.5. The van der Waals surface area contributed by atoms with Crippen molar-refractivity contribution in [2.24, 2.45) is 4.99 Å². The van der Waals surface area contributed by atoms with Crippen molar-refractivity contribution >= 4 is 43.7 Å². The van der Waals surface area contributed by atoms with E-state index in [2.05, 4.69) is 48.7 Å². The van der Waals surface area contributed by atoms with Crippen LogP contribution in [0.3, 0.4) is 0 Å². The lowest BCUT2D eigenvalue weighted by atomic mass is 9.90. The van der Waals surface area contributed by atoms with Crippen LogP contribution in [0.4, 0.5) is 17.1 Å². The second-order valence-corrected chi connectivity index (χ2v) is 8.94. The van der Waals surface area contributed by atoms with Gasteiger partial charge in [0.1, 0.15) is 4.67 Å². The van der Waals surface area contributed by atoms with Crippen molar-refractivity contribution < 1.29 is 4.79 Å². The van der Waals surface area contributed by atoms with E-state index in [9.17, 15) is 4.79 Å². The highest BCUT2D eigenvalue weighted by Gasteiger charge is 2.33. The molecule has 0 spiro atoms. The lowest BCUT2D eigenvalue weighted by molar-refractivity contribution is -0.114. The summed E-state index contributed by atoms with van der Waals surface area (Å²) in [5.41, 5.74) is 5.01. The molecular weight excluding hydrogens is 362 g/mol. The predicted octanol–water partition coefficient (Wildman–Crippen LogP) is 5.33. The third kappa shape index (κ3) is 3.06. The molecule has 132 valence electrons. The van der Waals surface area contributed by atoms with Gasteiger partial charge in [-0.25, -0.2) is 4.99 Å². The van der Waals surface area contributed by atoms with E-state index >= 15 is 0 Å². The van der Waals surface area contributed by atoms with Crippen LogP contribution in [0.25, 0.3) is 11.1 Å². The molecule has 3 aromatic rings. The number of nitrogens with one attached hydrogen (secondary N) is 2. The number of carbonyl (C=O) groups excluding carboxylic acids is 1. The minimum Gasteiger partial charge on any atom is -0.375 e. The Kier molecular flexibility index (Phi) is 4.17. The number of para-hydroxylation sites is 1. The standard InChI is InChI=1S/C20H19N3OS2/c1-12(24)21-13-7-6-8-14(11-13)22-19-17-15-9-4-5-10-16(15)23-20(2,3)18(17)25-26-19/h4-11,23H,1-3H3,(H,21,24). The molecule has 4 nitrogen and oxygen atoms in total. The van der Waals surface area contributed by atoms with Gasteiger partial charge >= 0.3 is 0 Å². The van der Waals surface area contributed by atoms with Crippen LogP contribution in [0.15, 0.2) is 53.5 Å². The Bertz CT molecular complexity index is 1060. The van der Waals surface area contributed by atoms with Gasteiger partial charge in [-0.3, -0.25) is 4.79 Å². The van der Waals surface area contributed by atoms with Crippen molar-refractivity contribution in [3.05, 3.63) is 58.1 Å². The molecule has 6 heteroatoms. The lowest BCUT2D eigenvalue weighted by Crippen LogP contribution is -2.31. The summed E-state index contributed by atoms with van der Waals surface area (Å²) >= 11 is 0. The summed E-state index contributed by atoms with van der Waals surface area (Å²) in [6, 6.07) is 16.0. The highest BCUT2D eigenvalue weighted by Crippen LogP contribution is 2.45. The van der Waals surface area contributed by atoms with Crippen LogP contribution >= 0.6 is 20.7 Å². The molecule has 4 rings (SSSR count). The van der Waals surface area contributed by atoms with E-state index in [1.165, 1.54) is 22.9 Å². The first kappa shape index (κ1) is 17.0. The molecule has 0 saturated carbocycles. The summed E-state index contributed by atoms with van der Waals surface area (Å²) in [6.45, 7) is 5.91. The Hall–Kier alpha value is -2.44. The Morgan fingerprint density at radius 2 is 1.92 bits per heavy atom. The van der Waals surface area contributed by atoms with Crippen LogP contribution in [-0.2, 0) is 10.3 Å². The number of nitrogens with zero attached hydrogens (tertiary/aromatic N) is 1. The molecule has 1 aliphatic rings. The topological polar surface area (TPSA) is 53.5 Å². The molecular formula is C20H19N3OS2. The van der Waals surface area contributed by atoms with Gasteiger partial charge in [0.2, 0.25) is 5.91 Å². The number of hydrogen-bond donors (Lipinski definition) is 2. The molecule has 26 heavy (non-hydrogen) atoms. The fraction of sp³-hybridized carbons (Fsp3) is 0.200. The van der Waals surface area contributed by atoms with Crippen LogP contribution in [0.1, 0.15) is 25.6 Å². The van der Waals surface area contributed by atoms with E-state index in [0.717, 1.165) is 21.7 Å². The normalized spacial score (nSPS) is 15.0. The molecule has 0 aliphatic carbocycles. The summed E-state index contributed by atoms with van der Waals surface area (Å²) in [7, 11) is 3.47. The second kappa shape index (κ2) is 6.37. The molecule has 2 N–H and O–H groups in total. The third-order valence-corrected chi connectivity index (χ3v) is 6.89.